The third kappa shape index (κ3) is 9.68. The zero-order valence-corrected chi connectivity index (χ0v) is 26.6. The maximum absolute atomic E-state index is 14.7. The van der Waals surface area contributed by atoms with Crippen molar-refractivity contribution in [1.82, 2.24) is 20.1 Å². The number of carbonyl (C=O) groups is 2. The molecule has 6 N–H and O–H groups in total. The number of aromatic nitrogens is 1. The van der Waals surface area contributed by atoms with E-state index in [0.29, 0.717) is 65.9 Å². The maximum Gasteiger partial charge on any atom is 0.406 e. The predicted molar refractivity (Wildman–Crippen MR) is 175 cm³/mol. The normalized spacial score (nSPS) is 17.3. The third-order valence-corrected chi connectivity index (χ3v) is 8.04. The van der Waals surface area contributed by atoms with Crippen LogP contribution in [0.2, 0.25) is 0 Å². The number of likely N-dealkylation sites (tertiary alicyclic amines) is 1. The number of hydrogen-bond acceptors (Lipinski definition) is 6. The number of amides is 3. The number of piperidine rings is 1. The molecule has 10 nitrogen and oxygen atoms in total. The van der Waals surface area contributed by atoms with Gasteiger partial charge in [0.1, 0.15) is 18.5 Å². The van der Waals surface area contributed by atoms with Crippen LogP contribution in [-0.4, -0.2) is 86.2 Å². The van der Waals surface area contributed by atoms with Gasteiger partial charge < -0.3 is 41.2 Å². The van der Waals surface area contributed by atoms with Crippen LogP contribution in [0.4, 0.5) is 33.7 Å². The molecule has 0 saturated carbocycles. The maximum atomic E-state index is 14.7. The Labute approximate surface area is 271 Å². The van der Waals surface area contributed by atoms with E-state index in [1.807, 2.05) is 18.9 Å². The lowest BCUT2D eigenvalue weighted by molar-refractivity contribution is -0.140. The minimum Gasteiger partial charge on any atom is -0.495 e. The molecule has 3 aromatic rings. The van der Waals surface area contributed by atoms with Crippen molar-refractivity contribution >= 4 is 34.2 Å². The fourth-order valence-electron chi connectivity index (χ4n) is 5.55. The van der Waals surface area contributed by atoms with Gasteiger partial charge in [0.15, 0.2) is 0 Å². The van der Waals surface area contributed by atoms with Gasteiger partial charge in [-0.15, -0.1) is 0 Å². The minimum absolute atomic E-state index is 0.0739. The molecule has 47 heavy (non-hydrogen) atoms. The van der Waals surface area contributed by atoms with Crippen LogP contribution in [0.5, 0.6) is 5.75 Å². The van der Waals surface area contributed by atoms with E-state index in [1.54, 1.807) is 42.5 Å². The first-order chi connectivity index (χ1) is 22.4. The smallest absolute Gasteiger partial charge is 0.406 e. The van der Waals surface area contributed by atoms with Crippen molar-refractivity contribution in [2.45, 2.75) is 57.2 Å². The van der Waals surface area contributed by atoms with E-state index in [4.69, 9.17) is 10.5 Å². The van der Waals surface area contributed by atoms with Crippen LogP contribution in [-0.2, 0) is 6.54 Å². The summed E-state index contributed by atoms with van der Waals surface area (Å²) in [5.74, 6) is 5.82. The Bertz CT molecular complexity index is 1620. The molecular formula is C33H41F4N7O3. The first kappa shape index (κ1) is 35.2. The summed E-state index contributed by atoms with van der Waals surface area (Å²) in [7, 11) is 3.31. The molecule has 1 aromatic heterocycles. The first-order valence-corrected chi connectivity index (χ1v) is 15.4. The number of rotatable bonds is 12. The SMILES string of the molecule is CCC(CCNC(N)=O)NC(=O)c1ccc(NCC#Cc2cc3c(N[C@@H]4CCN(C)C[C@@H]4F)cccc3n2CC(F)(F)F)c(OC)c1. The second kappa shape index (κ2) is 15.8. The van der Waals surface area contributed by atoms with Crippen molar-refractivity contribution in [3.63, 3.8) is 0 Å². The number of nitrogens with one attached hydrogen (secondary N) is 4. The van der Waals surface area contributed by atoms with Crippen LogP contribution < -0.4 is 31.7 Å². The molecule has 0 spiro atoms. The number of anilines is 2. The van der Waals surface area contributed by atoms with Gasteiger partial charge >= 0.3 is 12.2 Å². The number of benzene rings is 2. The van der Waals surface area contributed by atoms with Crippen molar-refractivity contribution < 1.29 is 31.9 Å². The summed E-state index contributed by atoms with van der Waals surface area (Å²) in [6.45, 7) is 2.09. The summed E-state index contributed by atoms with van der Waals surface area (Å²) in [4.78, 5) is 25.7. The standard InChI is InChI=1S/C33H41F4N7O3/c1-4-22(12-15-40-32(38)46)41-31(45)21-10-11-28(30(17-21)47-3)39-14-6-7-23-18-24-26(42-27-13-16-43(2)19-25(27)34)8-5-9-29(24)44(23)20-33(35,36)37/h5,8-11,17-18,22,25,27,39,42H,4,12-16,19-20H2,1-3H3,(H,41,45)(H3,38,40,46)/t22?,25-,27+/m0/s1. The van der Waals surface area contributed by atoms with Gasteiger partial charge in [0.05, 0.1) is 36.6 Å². The molecule has 3 amide bonds. The zero-order chi connectivity index (χ0) is 34.1. The van der Waals surface area contributed by atoms with Crippen LogP contribution in [0.1, 0.15) is 42.2 Å². The fraction of sp³-hybridized carbons (Fsp3) is 0.455. The van der Waals surface area contributed by atoms with Gasteiger partial charge in [0.25, 0.3) is 5.91 Å². The second-order valence-electron chi connectivity index (χ2n) is 11.5. The molecule has 1 saturated heterocycles. The predicted octanol–water partition coefficient (Wildman–Crippen LogP) is 4.70. The summed E-state index contributed by atoms with van der Waals surface area (Å²) in [5, 5.41) is 12.3. The van der Waals surface area contributed by atoms with Crippen molar-refractivity contribution in [2.24, 2.45) is 5.73 Å². The lowest BCUT2D eigenvalue weighted by atomic mass is 10.0. The van der Waals surface area contributed by atoms with Gasteiger partial charge in [-0.05, 0) is 68.6 Å². The van der Waals surface area contributed by atoms with E-state index in [9.17, 15) is 27.2 Å². The van der Waals surface area contributed by atoms with Crippen LogP contribution in [0.25, 0.3) is 10.9 Å². The Morgan fingerprint density at radius 1 is 1.17 bits per heavy atom. The van der Waals surface area contributed by atoms with Crippen molar-refractivity contribution in [3.8, 4) is 17.6 Å². The van der Waals surface area contributed by atoms with Gasteiger partial charge in [-0.1, -0.05) is 18.9 Å². The van der Waals surface area contributed by atoms with Gasteiger partial charge in [0, 0.05) is 42.3 Å². The molecule has 3 atom stereocenters. The number of methoxy groups -OCH3 is 1. The molecule has 0 radical (unpaired) electrons. The van der Waals surface area contributed by atoms with E-state index in [0.717, 1.165) is 4.57 Å². The average molecular weight is 660 g/mol. The molecule has 1 aliphatic rings. The van der Waals surface area contributed by atoms with E-state index >= 15 is 0 Å². The van der Waals surface area contributed by atoms with Gasteiger partial charge in [0.2, 0.25) is 0 Å². The second-order valence-corrected chi connectivity index (χ2v) is 11.5. The number of ether oxygens (including phenoxy) is 1. The molecule has 1 aliphatic heterocycles. The highest BCUT2D eigenvalue weighted by Gasteiger charge is 2.31. The van der Waals surface area contributed by atoms with Crippen molar-refractivity contribution in [3.05, 3.63) is 53.7 Å². The number of carbonyl (C=O) groups excluding carboxylic acids is 2. The van der Waals surface area contributed by atoms with Gasteiger partial charge in [-0.3, -0.25) is 4.79 Å². The minimum atomic E-state index is -4.49. The van der Waals surface area contributed by atoms with Crippen LogP contribution in [0.15, 0.2) is 42.5 Å². The van der Waals surface area contributed by atoms with Crippen LogP contribution >= 0.6 is 0 Å². The van der Waals surface area contributed by atoms with E-state index < -0.39 is 31.0 Å². The molecule has 14 heteroatoms. The lowest BCUT2D eigenvalue weighted by Gasteiger charge is -2.33. The molecule has 0 bridgehead atoms. The number of alkyl halides is 4. The number of halogens is 4. The van der Waals surface area contributed by atoms with Crippen molar-refractivity contribution in [2.75, 3.05) is 51.0 Å². The summed E-state index contributed by atoms with van der Waals surface area (Å²) in [6, 6.07) is 10.2. The molecular weight excluding hydrogens is 618 g/mol. The molecule has 4 rings (SSSR count). The Hall–Kier alpha value is -4.64. The van der Waals surface area contributed by atoms with E-state index in [-0.39, 0.29) is 30.7 Å². The molecule has 254 valence electrons. The van der Waals surface area contributed by atoms with Gasteiger partial charge in [-0.2, -0.15) is 13.2 Å². The summed E-state index contributed by atoms with van der Waals surface area (Å²) in [6.07, 6.45) is -3.87. The number of nitrogens with zero attached hydrogens (tertiary/aromatic N) is 2. The number of urea groups is 1. The van der Waals surface area contributed by atoms with Crippen LogP contribution in [0, 0.1) is 11.8 Å². The lowest BCUT2D eigenvalue weighted by Crippen LogP contribution is -2.46. The molecule has 1 unspecified atom stereocenters. The Balaban J connectivity index is 1.49. The van der Waals surface area contributed by atoms with E-state index in [2.05, 4.69) is 33.1 Å². The number of nitrogens with two attached hydrogens (primary N) is 1. The topological polar surface area (TPSA) is 126 Å². The number of hydrogen-bond donors (Lipinski definition) is 5. The Morgan fingerprint density at radius 3 is 2.64 bits per heavy atom. The monoisotopic (exact) mass is 659 g/mol. The highest BCUT2D eigenvalue weighted by atomic mass is 19.4. The summed E-state index contributed by atoms with van der Waals surface area (Å²) in [5.41, 5.74) is 7.07. The van der Waals surface area contributed by atoms with Crippen LogP contribution in [0.3, 0.4) is 0 Å². The molecule has 2 aromatic carbocycles. The van der Waals surface area contributed by atoms with E-state index in [1.165, 1.54) is 7.11 Å². The first-order valence-electron chi connectivity index (χ1n) is 15.4. The molecule has 1 fully saturated rings. The quantitative estimate of drug-likeness (QED) is 0.142. The largest absolute Gasteiger partial charge is 0.495 e. The summed E-state index contributed by atoms with van der Waals surface area (Å²) >= 11 is 0. The molecule has 2 heterocycles. The summed E-state index contributed by atoms with van der Waals surface area (Å²) < 4.78 is 62.2. The number of primary amides is 1. The Kier molecular flexibility index (Phi) is 11.8. The highest BCUT2D eigenvalue weighted by Crippen LogP contribution is 2.32. The zero-order valence-electron chi connectivity index (χ0n) is 26.6. The highest BCUT2D eigenvalue weighted by molar-refractivity contribution is 5.96. The number of fused-ring (bicyclic) bond motifs is 1. The fourth-order valence-corrected chi connectivity index (χ4v) is 5.55. The Morgan fingerprint density at radius 2 is 1.96 bits per heavy atom. The third-order valence-electron chi connectivity index (χ3n) is 8.04. The van der Waals surface area contributed by atoms with Gasteiger partial charge in [-0.25, -0.2) is 9.18 Å². The molecule has 0 aliphatic carbocycles. The average Bonchev–Trinajstić information content (AvgIpc) is 3.36. The van der Waals surface area contributed by atoms with Crippen molar-refractivity contribution in [1.29, 1.82) is 0 Å².